The largest absolute Gasteiger partial charge is 0.484 e. The number of carbonyl (C=O) groups is 2. The van der Waals surface area contributed by atoms with Gasteiger partial charge in [0.25, 0.3) is 5.91 Å². The fraction of sp³-hybridized carbons (Fsp3) is 0.423. The van der Waals surface area contributed by atoms with E-state index in [9.17, 15) is 9.59 Å². The lowest BCUT2D eigenvalue weighted by Gasteiger charge is -2.38. The Labute approximate surface area is 190 Å². The fourth-order valence-electron chi connectivity index (χ4n) is 4.78. The van der Waals surface area contributed by atoms with Gasteiger partial charge in [-0.3, -0.25) is 9.59 Å². The molecule has 6 heteroatoms. The van der Waals surface area contributed by atoms with Crippen LogP contribution < -0.4 is 10.5 Å². The Morgan fingerprint density at radius 2 is 1.78 bits per heavy atom. The predicted molar refractivity (Wildman–Crippen MR) is 124 cm³/mol. The van der Waals surface area contributed by atoms with Gasteiger partial charge in [0.05, 0.1) is 0 Å². The summed E-state index contributed by atoms with van der Waals surface area (Å²) in [5.74, 6) is 0.362. The van der Waals surface area contributed by atoms with Crippen LogP contribution in [0.2, 0.25) is 0 Å². The summed E-state index contributed by atoms with van der Waals surface area (Å²) in [5, 5.41) is 0. The highest BCUT2D eigenvalue weighted by atomic mass is 16.5. The molecule has 0 aliphatic carbocycles. The normalized spacial score (nSPS) is 18.2. The fourth-order valence-corrected chi connectivity index (χ4v) is 4.78. The van der Waals surface area contributed by atoms with Gasteiger partial charge in [-0.05, 0) is 74.0 Å². The summed E-state index contributed by atoms with van der Waals surface area (Å²) in [6.45, 7) is 4.54. The van der Waals surface area contributed by atoms with E-state index in [1.54, 1.807) is 0 Å². The Hall–Kier alpha value is -2.86. The minimum Gasteiger partial charge on any atom is -0.484 e. The first-order valence-electron chi connectivity index (χ1n) is 11.4. The molecule has 1 spiro atoms. The van der Waals surface area contributed by atoms with Crippen LogP contribution in [0.1, 0.15) is 36.8 Å². The summed E-state index contributed by atoms with van der Waals surface area (Å²) < 4.78 is 5.30. The SMILES string of the molecule is NC(=O)COc1ccc(CN2CC3(CCN(CC[CH]c4ccccc4)CC3)CC2=O)cc1. The van der Waals surface area contributed by atoms with E-state index in [0.29, 0.717) is 18.7 Å². The molecule has 32 heavy (non-hydrogen) atoms. The van der Waals surface area contributed by atoms with Crippen LogP contribution in [0.5, 0.6) is 5.75 Å². The summed E-state index contributed by atoms with van der Waals surface area (Å²) >= 11 is 0. The van der Waals surface area contributed by atoms with Crippen LogP contribution in [0.15, 0.2) is 54.6 Å². The van der Waals surface area contributed by atoms with Crippen molar-refractivity contribution in [1.29, 1.82) is 0 Å². The molecule has 0 bridgehead atoms. The third kappa shape index (κ3) is 5.88. The summed E-state index contributed by atoms with van der Waals surface area (Å²) in [5.41, 5.74) is 7.58. The lowest BCUT2D eigenvalue weighted by molar-refractivity contribution is -0.128. The van der Waals surface area contributed by atoms with Crippen molar-refractivity contribution < 1.29 is 14.3 Å². The molecular weight excluding hydrogens is 402 g/mol. The number of rotatable bonds is 9. The van der Waals surface area contributed by atoms with Crippen LogP contribution >= 0.6 is 0 Å². The average Bonchev–Trinajstić information content (AvgIpc) is 3.10. The van der Waals surface area contributed by atoms with E-state index < -0.39 is 5.91 Å². The van der Waals surface area contributed by atoms with Crippen LogP contribution in [-0.4, -0.2) is 54.4 Å². The van der Waals surface area contributed by atoms with Crippen molar-refractivity contribution in [3.05, 3.63) is 72.1 Å². The summed E-state index contributed by atoms with van der Waals surface area (Å²) in [6.07, 6.45) is 6.19. The van der Waals surface area contributed by atoms with Crippen LogP contribution in [-0.2, 0) is 16.1 Å². The first-order valence-corrected chi connectivity index (χ1v) is 11.4. The number of primary amides is 1. The van der Waals surface area contributed by atoms with E-state index in [0.717, 1.165) is 51.0 Å². The maximum atomic E-state index is 12.7. The van der Waals surface area contributed by atoms with Gasteiger partial charge in [-0.25, -0.2) is 0 Å². The second-order valence-electron chi connectivity index (χ2n) is 9.07. The predicted octanol–water partition coefficient (Wildman–Crippen LogP) is 3.01. The molecular formula is C26H32N3O3. The van der Waals surface area contributed by atoms with E-state index in [4.69, 9.17) is 10.5 Å². The highest BCUT2D eigenvalue weighted by Crippen LogP contribution is 2.41. The van der Waals surface area contributed by atoms with E-state index in [2.05, 4.69) is 35.6 Å². The van der Waals surface area contributed by atoms with Gasteiger partial charge in [0.15, 0.2) is 6.61 Å². The third-order valence-corrected chi connectivity index (χ3v) is 6.62. The Morgan fingerprint density at radius 3 is 2.47 bits per heavy atom. The number of piperidine rings is 1. The molecule has 4 rings (SSSR count). The van der Waals surface area contributed by atoms with Gasteiger partial charge < -0.3 is 20.3 Å². The van der Waals surface area contributed by atoms with Gasteiger partial charge in [0.1, 0.15) is 5.75 Å². The number of likely N-dealkylation sites (tertiary alicyclic amines) is 2. The minimum atomic E-state index is -0.498. The zero-order chi connectivity index (χ0) is 22.4. The number of hydrogen-bond acceptors (Lipinski definition) is 4. The highest BCUT2D eigenvalue weighted by molar-refractivity contribution is 5.79. The molecule has 2 aliphatic rings. The maximum absolute atomic E-state index is 12.7. The Kier molecular flexibility index (Phi) is 7.10. The highest BCUT2D eigenvalue weighted by Gasteiger charge is 2.44. The first kappa shape index (κ1) is 22.3. The summed E-state index contributed by atoms with van der Waals surface area (Å²) in [7, 11) is 0. The Morgan fingerprint density at radius 1 is 1.06 bits per heavy atom. The molecule has 0 unspecified atom stereocenters. The van der Waals surface area contributed by atoms with Gasteiger partial charge in [-0.1, -0.05) is 42.5 Å². The number of hydrogen-bond donors (Lipinski definition) is 1. The van der Waals surface area contributed by atoms with Crippen LogP contribution in [0.3, 0.4) is 0 Å². The standard InChI is InChI=1S/C26H32N3O3/c27-24(30)19-32-23-10-8-22(9-11-23)18-29-20-26(17-25(29)31)12-15-28(16-13-26)14-4-7-21-5-2-1-3-6-21/h1-3,5-11H,4,12-20H2,(H2,27,30). The second kappa shape index (κ2) is 10.2. The smallest absolute Gasteiger partial charge is 0.255 e. The number of amides is 2. The number of benzene rings is 2. The molecule has 0 saturated carbocycles. The zero-order valence-electron chi connectivity index (χ0n) is 18.5. The lowest BCUT2D eigenvalue weighted by atomic mass is 9.77. The second-order valence-corrected chi connectivity index (χ2v) is 9.07. The number of nitrogens with zero attached hydrogens (tertiary/aromatic N) is 2. The summed E-state index contributed by atoms with van der Waals surface area (Å²) in [4.78, 5) is 28.1. The molecule has 2 N–H and O–H groups in total. The molecule has 0 atom stereocenters. The lowest BCUT2D eigenvalue weighted by Crippen LogP contribution is -2.41. The molecule has 0 aromatic heterocycles. The van der Waals surface area contributed by atoms with Crippen molar-refractivity contribution in [3.63, 3.8) is 0 Å². The first-order chi connectivity index (χ1) is 15.5. The van der Waals surface area contributed by atoms with Crippen LogP contribution in [0, 0.1) is 11.8 Å². The molecule has 2 amide bonds. The molecule has 2 fully saturated rings. The van der Waals surface area contributed by atoms with Crippen molar-refractivity contribution in [2.45, 2.75) is 32.2 Å². The Balaban J connectivity index is 1.22. The topological polar surface area (TPSA) is 75.9 Å². The molecule has 2 aromatic carbocycles. The van der Waals surface area contributed by atoms with Gasteiger partial charge in [-0.2, -0.15) is 0 Å². The Bertz CT molecular complexity index is 906. The quantitative estimate of drug-likeness (QED) is 0.658. The molecule has 2 saturated heterocycles. The van der Waals surface area contributed by atoms with Crippen molar-refractivity contribution in [3.8, 4) is 5.75 Å². The summed E-state index contributed by atoms with van der Waals surface area (Å²) in [6, 6.07) is 18.0. The number of nitrogens with two attached hydrogens (primary N) is 1. The van der Waals surface area contributed by atoms with Gasteiger partial charge in [0, 0.05) is 19.5 Å². The van der Waals surface area contributed by atoms with E-state index in [-0.39, 0.29) is 17.9 Å². The van der Waals surface area contributed by atoms with Gasteiger partial charge >= 0.3 is 0 Å². The molecule has 1 radical (unpaired) electrons. The monoisotopic (exact) mass is 434 g/mol. The number of carbonyl (C=O) groups excluding carboxylic acids is 2. The average molecular weight is 435 g/mol. The van der Waals surface area contributed by atoms with E-state index >= 15 is 0 Å². The molecule has 2 heterocycles. The third-order valence-electron chi connectivity index (χ3n) is 6.62. The van der Waals surface area contributed by atoms with E-state index in [1.807, 2.05) is 35.2 Å². The van der Waals surface area contributed by atoms with Crippen molar-refractivity contribution in [2.24, 2.45) is 11.1 Å². The molecule has 2 aromatic rings. The van der Waals surface area contributed by atoms with Crippen molar-refractivity contribution >= 4 is 11.8 Å². The zero-order valence-corrected chi connectivity index (χ0v) is 18.5. The minimum absolute atomic E-state index is 0.126. The molecule has 2 aliphatic heterocycles. The van der Waals surface area contributed by atoms with Gasteiger partial charge in [-0.15, -0.1) is 0 Å². The molecule has 169 valence electrons. The van der Waals surface area contributed by atoms with Crippen LogP contribution in [0.4, 0.5) is 0 Å². The maximum Gasteiger partial charge on any atom is 0.255 e. The molecule has 6 nitrogen and oxygen atoms in total. The van der Waals surface area contributed by atoms with Crippen LogP contribution in [0.25, 0.3) is 0 Å². The van der Waals surface area contributed by atoms with Gasteiger partial charge in [0.2, 0.25) is 5.91 Å². The number of ether oxygens (including phenoxy) is 1. The van der Waals surface area contributed by atoms with E-state index in [1.165, 1.54) is 5.56 Å². The van der Waals surface area contributed by atoms with Crippen molar-refractivity contribution in [2.75, 3.05) is 32.8 Å². The van der Waals surface area contributed by atoms with Crippen molar-refractivity contribution in [1.82, 2.24) is 9.80 Å².